The van der Waals surface area contributed by atoms with Crippen LogP contribution < -0.4 is 5.32 Å². The number of imidazole rings is 1. The fourth-order valence-corrected chi connectivity index (χ4v) is 3.86. The smallest absolute Gasteiger partial charge is 0.160 e. The lowest BCUT2D eigenvalue weighted by molar-refractivity contribution is 0.0657. The molecule has 1 unspecified atom stereocenters. The minimum atomic E-state index is 0.552. The topological polar surface area (TPSA) is 52.0 Å². The molecule has 23 heavy (non-hydrogen) atoms. The number of nitrogens with one attached hydrogen (secondary N) is 1. The van der Waals surface area contributed by atoms with E-state index in [1.165, 1.54) is 25.1 Å². The highest BCUT2D eigenvalue weighted by Crippen LogP contribution is 2.23. The van der Waals surface area contributed by atoms with E-state index >= 15 is 0 Å². The van der Waals surface area contributed by atoms with E-state index in [1.807, 2.05) is 12.3 Å². The molecule has 5 heteroatoms. The van der Waals surface area contributed by atoms with E-state index in [-0.39, 0.29) is 0 Å². The van der Waals surface area contributed by atoms with E-state index in [1.54, 1.807) is 0 Å². The Hall–Kier alpha value is -1.46. The van der Waals surface area contributed by atoms with Crippen LogP contribution in [0.2, 0.25) is 0 Å². The summed E-state index contributed by atoms with van der Waals surface area (Å²) in [5.74, 6) is 1.90. The molecular weight excluding hydrogens is 288 g/mol. The lowest BCUT2D eigenvalue weighted by Crippen LogP contribution is -2.37. The van der Waals surface area contributed by atoms with E-state index in [9.17, 15) is 0 Å². The summed E-state index contributed by atoms with van der Waals surface area (Å²) in [4.78, 5) is 9.51. The number of fused-ring (bicyclic) bond motifs is 1. The van der Waals surface area contributed by atoms with Crippen LogP contribution in [0.1, 0.15) is 37.9 Å². The summed E-state index contributed by atoms with van der Waals surface area (Å²) in [7, 11) is 0. The Kier molecular flexibility index (Phi) is 4.57. The molecule has 2 aromatic heterocycles. The van der Waals surface area contributed by atoms with Crippen LogP contribution in [0.25, 0.3) is 11.2 Å². The molecule has 4 heterocycles. The van der Waals surface area contributed by atoms with Gasteiger partial charge in [-0.2, -0.15) is 0 Å². The average molecular weight is 314 g/mol. The van der Waals surface area contributed by atoms with E-state index in [0.717, 1.165) is 56.7 Å². The van der Waals surface area contributed by atoms with E-state index in [2.05, 4.69) is 20.9 Å². The molecule has 0 aliphatic carbocycles. The number of ether oxygens (including phenoxy) is 1. The highest BCUT2D eigenvalue weighted by Gasteiger charge is 2.21. The van der Waals surface area contributed by atoms with Gasteiger partial charge >= 0.3 is 0 Å². The quantitative estimate of drug-likeness (QED) is 0.942. The van der Waals surface area contributed by atoms with Crippen LogP contribution in [0, 0.1) is 5.92 Å². The molecule has 0 amide bonds. The van der Waals surface area contributed by atoms with Crippen molar-refractivity contribution >= 4 is 11.2 Å². The molecular formula is C18H26N4O. The number of aromatic nitrogens is 3. The van der Waals surface area contributed by atoms with Crippen molar-refractivity contribution in [3.8, 4) is 0 Å². The third kappa shape index (κ3) is 3.40. The molecule has 2 aliphatic rings. The van der Waals surface area contributed by atoms with Gasteiger partial charge in [-0.1, -0.05) is 6.42 Å². The monoisotopic (exact) mass is 314 g/mol. The molecule has 1 N–H and O–H groups in total. The maximum absolute atomic E-state index is 5.50. The van der Waals surface area contributed by atoms with E-state index in [0.29, 0.717) is 12.0 Å². The van der Waals surface area contributed by atoms with Crippen LogP contribution in [-0.2, 0) is 17.7 Å². The Labute approximate surface area is 137 Å². The molecule has 2 aromatic rings. The first-order valence-electron chi connectivity index (χ1n) is 9.01. The predicted molar refractivity (Wildman–Crippen MR) is 90.4 cm³/mol. The second kappa shape index (κ2) is 6.97. The molecule has 5 nitrogen and oxygen atoms in total. The number of pyridine rings is 1. The first kappa shape index (κ1) is 15.1. The molecule has 2 fully saturated rings. The Morgan fingerprint density at radius 1 is 1.22 bits per heavy atom. The van der Waals surface area contributed by atoms with Crippen LogP contribution in [0.3, 0.4) is 0 Å². The lowest BCUT2D eigenvalue weighted by Gasteiger charge is -2.26. The number of hydrogen-bond acceptors (Lipinski definition) is 4. The maximum Gasteiger partial charge on any atom is 0.160 e. The van der Waals surface area contributed by atoms with Gasteiger partial charge in [0.1, 0.15) is 11.3 Å². The summed E-state index contributed by atoms with van der Waals surface area (Å²) in [5.41, 5.74) is 2.08. The van der Waals surface area contributed by atoms with Crippen LogP contribution in [-0.4, -0.2) is 40.3 Å². The highest BCUT2D eigenvalue weighted by atomic mass is 16.5. The van der Waals surface area contributed by atoms with Gasteiger partial charge < -0.3 is 14.6 Å². The van der Waals surface area contributed by atoms with Gasteiger partial charge in [-0.3, -0.25) is 0 Å². The molecule has 0 spiro atoms. The van der Waals surface area contributed by atoms with Crippen molar-refractivity contribution in [1.82, 2.24) is 19.9 Å². The van der Waals surface area contributed by atoms with Gasteiger partial charge in [-0.15, -0.1) is 0 Å². The highest BCUT2D eigenvalue weighted by molar-refractivity contribution is 5.71. The SMILES string of the molecule is c1cnc2c(c1)nc(CC1CCOCC1)n2CC1CCCCN1. The van der Waals surface area contributed by atoms with Crippen LogP contribution in [0.15, 0.2) is 18.3 Å². The van der Waals surface area contributed by atoms with E-state index < -0.39 is 0 Å². The largest absolute Gasteiger partial charge is 0.381 e. The molecule has 4 rings (SSSR count). The molecule has 0 bridgehead atoms. The van der Waals surface area contributed by atoms with Crippen molar-refractivity contribution in [2.24, 2.45) is 5.92 Å². The van der Waals surface area contributed by atoms with Crippen molar-refractivity contribution in [3.63, 3.8) is 0 Å². The number of piperidine rings is 1. The van der Waals surface area contributed by atoms with Crippen LogP contribution in [0.5, 0.6) is 0 Å². The normalized spacial score (nSPS) is 23.4. The van der Waals surface area contributed by atoms with Gasteiger partial charge in [-0.25, -0.2) is 9.97 Å². The number of nitrogens with zero attached hydrogens (tertiary/aromatic N) is 3. The summed E-state index contributed by atoms with van der Waals surface area (Å²) >= 11 is 0. The maximum atomic E-state index is 5.50. The summed E-state index contributed by atoms with van der Waals surface area (Å²) in [5, 5.41) is 3.66. The van der Waals surface area contributed by atoms with Gasteiger partial charge in [0.15, 0.2) is 5.65 Å². The minimum Gasteiger partial charge on any atom is -0.381 e. The Morgan fingerprint density at radius 3 is 2.96 bits per heavy atom. The Balaban J connectivity index is 1.60. The summed E-state index contributed by atoms with van der Waals surface area (Å²) in [6.45, 7) is 3.92. The molecule has 124 valence electrons. The molecule has 2 saturated heterocycles. The second-order valence-electron chi connectivity index (χ2n) is 6.89. The molecule has 0 saturated carbocycles. The predicted octanol–water partition coefficient (Wildman–Crippen LogP) is 2.54. The standard InChI is InChI=1S/C18H26N4O/c1-2-8-19-15(4-1)13-22-17(12-14-6-10-23-11-7-14)21-16-5-3-9-20-18(16)22/h3,5,9,14-15,19H,1-2,4,6-8,10-13H2. The van der Waals surface area contributed by atoms with Crippen LogP contribution >= 0.6 is 0 Å². The van der Waals surface area contributed by atoms with Gasteiger partial charge in [0.2, 0.25) is 0 Å². The first-order valence-corrected chi connectivity index (χ1v) is 9.01. The Bertz CT molecular complexity index is 642. The molecule has 0 aromatic carbocycles. The third-order valence-electron chi connectivity index (χ3n) is 5.21. The average Bonchev–Trinajstić information content (AvgIpc) is 2.94. The van der Waals surface area contributed by atoms with E-state index in [4.69, 9.17) is 9.72 Å². The summed E-state index contributed by atoms with van der Waals surface area (Å²) in [6, 6.07) is 4.62. The van der Waals surface area contributed by atoms with Crippen molar-refractivity contribution in [3.05, 3.63) is 24.2 Å². The van der Waals surface area contributed by atoms with Crippen molar-refractivity contribution in [2.75, 3.05) is 19.8 Å². The zero-order valence-electron chi connectivity index (χ0n) is 13.7. The molecule has 0 radical (unpaired) electrons. The molecule has 1 atom stereocenters. The van der Waals surface area contributed by atoms with Gasteiger partial charge in [0.05, 0.1) is 0 Å². The second-order valence-corrected chi connectivity index (χ2v) is 6.89. The minimum absolute atomic E-state index is 0.552. The zero-order chi connectivity index (χ0) is 15.5. The fraction of sp³-hybridized carbons (Fsp3) is 0.667. The van der Waals surface area contributed by atoms with Crippen LogP contribution in [0.4, 0.5) is 0 Å². The summed E-state index contributed by atoms with van der Waals surface area (Å²) < 4.78 is 7.87. The molecule has 2 aliphatic heterocycles. The number of rotatable bonds is 4. The lowest BCUT2D eigenvalue weighted by atomic mass is 9.96. The van der Waals surface area contributed by atoms with Gasteiger partial charge in [0.25, 0.3) is 0 Å². The fourth-order valence-electron chi connectivity index (χ4n) is 3.86. The zero-order valence-corrected chi connectivity index (χ0v) is 13.7. The van der Waals surface area contributed by atoms with Crippen molar-refractivity contribution < 1.29 is 4.74 Å². The summed E-state index contributed by atoms with van der Waals surface area (Å²) in [6.07, 6.45) is 9.11. The van der Waals surface area contributed by atoms with Crippen molar-refractivity contribution in [1.29, 1.82) is 0 Å². The van der Waals surface area contributed by atoms with Gasteiger partial charge in [-0.05, 0) is 50.3 Å². The van der Waals surface area contributed by atoms with Gasteiger partial charge in [0, 0.05) is 38.4 Å². The third-order valence-corrected chi connectivity index (χ3v) is 5.21. The van der Waals surface area contributed by atoms with Crippen molar-refractivity contribution in [2.45, 2.75) is 51.1 Å². The Morgan fingerprint density at radius 2 is 2.13 bits per heavy atom. The first-order chi connectivity index (χ1) is 11.4. The number of hydrogen-bond donors (Lipinski definition) is 1.